The summed E-state index contributed by atoms with van der Waals surface area (Å²) >= 11 is 1.18. The van der Waals surface area contributed by atoms with Gasteiger partial charge >= 0.3 is 11.9 Å². The second-order valence-electron chi connectivity index (χ2n) is 6.27. The summed E-state index contributed by atoms with van der Waals surface area (Å²) in [5.41, 5.74) is 7.09. The lowest BCUT2D eigenvalue weighted by Crippen LogP contribution is -2.23. The first kappa shape index (κ1) is 17.2. The highest BCUT2D eigenvalue weighted by atomic mass is 32.1. The highest BCUT2D eigenvalue weighted by Crippen LogP contribution is 2.40. The molecule has 124 valence electrons. The van der Waals surface area contributed by atoms with Gasteiger partial charge in [-0.1, -0.05) is 0 Å². The number of nitrogen functional groups attached to an aromatic ring is 1. The summed E-state index contributed by atoms with van der Waals surface area (Å²) in [6.45, 7) is 10.2. The molecule has 2 N–H and O–H groups in total. The number of nitrogens with two attached hydrogens (primary N) is 1. The maximum absolute atomic E-state index is 12.3. The maximum Gasteiger partial charge on any atom is 0.351 e. The molecule has 0 bridgehead atoms. The smallest absolute Gasteiger partial charge is 0.351 e. The topological polar surface area (TPSA) is 91.5 Å². The van der Waals surface area contributed by atoms with Gasteiger partial charge in [0, 0.05) is 17.9 Å². The van der Waals surface area contributed by atoms with E-state index in [1.165, 1.54) is 18.3 Å². The Balaban J connectivity index is 2.61. The Kier molecular flexibility index (Phi) is 4.34. The number of ether oxygens (including phenoxy) is 2. The van der Waals surface area contributed by atoms with Crippen molar-refractivity contribution in [3.05, 3.63) is 16.1 Å². The van der Waals surface area contributed by atoms with E-state index in [9.17, 15) is 9.59 Å². The number of rotatable bonds is 2. The predicted octanol–water partition coefficient (Wildman–Crippen LogP) is 3.38. The van der Waals surface area contributed by atoms with Crippen LogP contribution in [-0.2, 0) is 9.53 Å². The van der Waals surface area contributed by atoms with E-state index in [1.807, 2.05) is 0 Å². The van der Waals surface area contributed by atoms with Gasteiger partial charge in [0.15, 0.2) is 5.75 Å². The largest absolute Gasteiger partial charge is 0.456 e. The van der Waals surface area contributed by atoms with Crippen molar-refractivity contribution < 1.29 is 19.1 Å². The van der Waals surface area contributed by atoms with Crippen LogP contribution >= 0.6 is 11.3 Å². The number of aromatic nitrogens is 1. The zero-order valence-electron chi connectivity index (χ0n) is 14.1. The molecule has 6 nitrogen and oxygen atoms in total. The lowest BCUT2D eigenvalue weighted by atomic mass is 10.1. The fourth-order valence-corrected chi connectivity index (χ4v) is 3.31. The highest BCUT2D eigenvalue weighted by molar-refractivity contribution is 7.21. The molecule has 0 saturated heterocycles. The third-order valence-corrected chi connectivity index (χ3v) is 4.15. The van der Waals surface area contributed by atoms with E-state index >= 15 is 0 Å². The molecule has 0 spiro atoms. The van der Waals surface area contributed by atoms with Gasteiger partial charge in [-0.25, -0.2) is 9.78 Å². The fraction of sp³-hybridized carbons (Fsp3) is 0.438. The summed E-state index contributed by atoms with van der Waals surface area (Å²) < 4.78 is 10.6. The quantitative estimate of drug-likeness (QED) is 0.845. The Hall–Kier alpha value is -2.15. The van der Waals surface area contributed by atoms with Crippen molar-refractivity contribution in [1.82, 2.24) is 4.98 Å². The number of anilines is 1. The molecule has 0 aliphatic carbocycles. The van der Waals surface area contributed by atoms with E-state index in [0.717, 1.165) is 0 Å². The van der Waals surface area contributed by atoms with Gasteiger partial charge in [0.1, 0.15) is 15.3 Å². The number of carbonyl (C=O) groups is 2. The fourth-order valence-electron chi connectivity index (χ4n) is 2.23. The number of esters is 2. The Morgan fingerprint density at radius 3 is 2.35 bits per heavy atom. The number of pyridine rings is 1. The molecule has 2 aromatic heterocycles. The Labute approximate surface area is 138 Å². The lowest BCUT2D eigenvalue weighted by molar-refractivity contribution is -0.132. The van der Waals surface area contributed by atoms with Crippen molar-refractivity contribution in [2.75, 3.05) is 5.73 Å². The van der Waals surface area contributed by atoms with Crippen LogP contribution in [0.2, 0.25) is 0 Å². The maximum atomic E-state index is 12.3. The van der Waals surface area contributed by atoms with Gasteiger partial charge in [-0.15, -0.1) is 11.3 Å². The number of aryl methyl sites for hydroxylation is 2. The normalized spacial score (nSPS) is 11.6. The van der Waals surface area contributed by atoms with Gasteiger partial charge in [-0.3, -0.25) is 4.79 Å². The molecule has 0 amide bonds. The van der Waals surface area contributed by atoms with Crippen LogP contribution < -0.4 is 10.5 Å². The summed E-state index contributed by atoms with van der Waals surface area (Å²) in [5.74, 6) is -0.534. The molecule has 2 aromatic rings. The monoisotopic (exact) mass is 336 g/mol. The van der Waals surface area contributed by atoms with E-state index in [4.69, 9.17) is 15.2 Å². The van der Waals surface area contributed by atoms with Gasteiger partial charge in [-0.2, -0.15) is 0 Å². The second-order valence-corrected chi connectivity index (χ2v) is 7.27. The number of nitrogens with zero attached hydrogens (tertiary/aromatic N) is 1. The molecular formula is C16H20N2O4S. The average molecular weight is 336 g/mol. The van der Waals surface area contributed by atoms with E-state index in [2.05, 4.69) is 4.98 Å². The lowest BCUT2D eigenvalue weighted by Gasteiger charge is -2.18. The Morgan fingerprint density at radius 1 is 1.22 bits per heavy atom. The molecule has 0 saturated carbocycles. The molecule has 2 heterocycles. The molecule has 0 radical (unpaired) electrons. The molecule has 23 heavy (non-hydrogen) atoms. The van der Waals surface area contributed by atoms with Crippen LogP contribution in [0.4, 0.5) is 5.69 Å². The SMILES string of the molecule is CC(=O)Oc1c(C)nc2sc(C(=O)OC(C)(C)C)c(N)c2c1C. The van der Waals surface area contributed by atoms with Crippen LogP contribution in [0.3, 0.4) is 0 Å². The van der Waals surface area contributed by atoms with Crippen molar-refractivity contribution in [1.29, 1.82) is 0 Å². The summed E-state index contributed by atoms with van der Waals surface area (Å²) in [4.78, 5) is 28.9. The zero-order valence-corrected chi connectivity index (χ0v) is 14.9. The minimum absolute atomic E-state index is 0.303. The van der Waals surface area contributed by atoms with Crippen molar-refractivity contribution in [2.45, 2.75) is 47.1 Å². The van der Waals surface area contributed by atoms with Gasteiger partial charge in [0.25, 0.3) is 0 Å². The molecule has 2 rings (SSSR count). The summed E-state index contributed by atoms with van der Waals surface area (Å²) in [7, 11) is 0. The minimum Gasteiger partial charge on any atom is -0.456 e. The van der Waals surface area contributed by atoms with Crippen LogP contribution in [0.25, 0.3) is 10.2 Å². The number of hydrogen-bond acceptors (Lipinski definition) is 7. The van der Waals surface area contributed by atoms with Crippen molar-refractivity contribution in [2.24, 2.45) is 0 Å². The van der Waals surface area contributed by atoms with Crippen molar-refractivity contribution in [3.63, 3.8) is 0 Å². The molecule has 0 aliphatic rings. The van der Waals surface area contributed by atoms with E-state index < -0.39 is 17.5 Å². The first-order valence-electron chi connectivity index (χ1n) is 7.12. The predicted molar refractivity (Wildman–Crippen MR) is 90.0 cm³/mol. The van der Waals surface area contributed by atoms with Gasteiger partial charge in [-0.05, 0) is 34.6 Å². The van der Waals surface area contributed by atoms with Gasteiger partial charge in [0.05, 0.1) is 11.4 Å². The van der Waals surface area contributed by atoms with E-state index in [-0.39, 0.29) is 0 Å². The molecular weight excluding hydrogens is 316 g/mol. The van der Waals surface area contributed by atoms with Crippen LogP contribution in [0.1, 0.15) is 48.6 Å². The average Bonchev–Trinajstić information content (AvgIpc) is 2.69. The summed E-state index contributed by atoms with van der Waals surface area (Å²) in [6.07, 6.45) is 0. The molecule has 0 atom stereocenters. The number of carbonyl (C=O) groups excluding carboxylic acids is 2. The second kappa shape index (κ2) is 5.81. The molecule has 0 fully saturated rings. The van der Waals surface area contributed by atoms with Crippen LogP contribution in [0.5, 0.6) is 5.75 Å². The summed E-state index contributed by atoms with van der Waals surface area (Å²) in [5, 5.41) is 0.623. The van der Waals surface area contributed by atoms with Crippen LogP contribution in [0, 0.1) is 13.8 Å². The van der Waals surface area contributed by atoms with E-state index in [1.54, 1.807) is 34.6 Å². The van der Waals surface area contributed by atoms with Crippen LogP contribution in [-0.4, -0.2) is 22.5 Å². The number of fused-ring (bicyclic) bond motifs is 1. The van der Waals surface area contributed by atoms with Crippen LogP contribution in [0.15, 0.2) is 0 Å². The third kappa shape index (κ3) is 3.44. The first-order chi connectivity index (χ1) is 10.5. The standard InChI is InChI=1S/C16H20N2O4S/c1-7-10-11(17)13(15(20)22-16(4,5)6)23-14(10)18-8(2)12(7)21-9(3)19/h17H2,1-6H3. The number of thiophene rings is 1. The highest BCUT2D eigenvalue weighted by Gasteiger charge is 2.26. The van der Waals surface area contributed by atoms with Crippen molar-refractivity contribution in [3.8, 4) is 5.75 Å². The molecule has 0 unspecified atom stereocenters. The minimum atomic E-state index is -0.610. The first-order valence-corrected chi connectivity index (χ1v) is 7.94. The van der Waals surface area contributed by atoms with Gasteiger partial charge in [0.2, 0.25) is 0 Å². The van der Waals surface area contributed by atoms with Crippen molar-refractivity contribution >= 4 is 39.2 Å². The zero-order chi connectivity index (χ0) is 17.5. The molecule has 0 aliphatic heterocycles. The Morgan fingerprint density at radius 2 is 1.83 bits per heavy atom. The molecule has 7 heteroatoms. The van der Waals surface area contributed by atoms with Gasteiger partial charge < -0.3 is 15.2 Å². The summed E-state index contributed by atoms with van der Waals surface area (Å²) in [6, 6.07) is 0. The number of hydrogen-bond donors (Lipinski definition) is 1. The third-order valence-electron chi connectivity index (χ3n) is 3.07. The Bertz CT molecular complexity index is 803. The molecule has 0 aromatic carbocycles. The van der Waals surface area contributed by atoms with E-state index in [0.29, 0.717) is 37.8 Å².